The van der Waals surface area contributed by atoms with Crippen LogP contribution in [0.15, 0.2) is 41.8 Å². The Labute approximate surface area is 110 Å². The van der Waals surface area contributed by atoms with Crippen LogP contribution in [0.3, 0.4) is 0 Å². The minimum absolute atomic E-state index is 0.0415. The molecule has 1 heterocycles. The van der Waals surface area contributed by atoms with Crippen molar-refractivity contribution in [1.29, 1.82) is 0 Å². The van der Waals surface area contributed by atoms with Gasteiger partial charge in [0.05, 0.1) is 12.5 Å². The molecule has 1 aromatic heterocycles. The summed E-state index contributed by atoms with van der Waals surface area (Å²) in [7, 11) is 0. The van der Waals surface area contributed by atoms with Crippen LogP contribution in [0.2, 0.25) is 0 Å². The highest BCUT2D eigenvalue weighted by molar-refractivity contribution is 7.10. The number of carbonyl (C=O) groups is 1. The largest absolute Gasteiger partial charge is 0.389 e. The molecule has 4 heteroatoms. The van der Waals surface area contributed by atoms with E-state index in [9.17, 15) is 9.90 Å². The first-order chi connectivity index (χ1) is 8.65. The molecule has 0 fully saturated rings. The van der Waals surface area contributed by atoms with E-state index in [0.717, 1.165) is 16.1 Å². The van der Waals surface area contributed by atoms with E-state index in [1.165, 1.54) is 0 Å². The van der Waals surface area contributed by atoms with E-state index in [1.807, 2.05) is 35.7 Å². The second-order valence-electron chi connectivity index (χ2n) is 4.11. The Balaban J connectivity index is 2.00. The lowest BCUT2D eigenvalue weighted by atomic mass is 10.1. The van der Waals surface area contributed by atoms with Crippen LogP contribution in [0.25, 0.3) is 0 Å². The number of rotatable bonds is 4. The first kappa shape index (κ1) is 12.8. The van der Waals surface area contributed by atoms with Crippen LogP contribution in [0, 0.1) is 0 Å². The van der Waals surface area contributed by atoms with Crippen LogP contribution in [-0.2, 0) is 11.2 Å². The molecule has 0 unspecified atom stereocenters. The highest BCUT2D eigenvalue weighted by atomic mass is 32.1. The third-order valence-electron chi connectivity index (χ3n) is 2.57. The molecule has 1 atom stereocenters. The smallest absolute Gasteiger partial charge is 0.229 e. The Morgan fingerprint density at radius 1 is 1.39 bits per heavy atom. The van der Waals surface area contributed by atoms with Crippen molar-refractivity contribution in [1.82, 2.24) is 0 Å². The summed E-state index contributed by atoms with van der Waals surface area (Å²) in [6, 6.07) is 11.1. The summed E-state index contributed by atoms with van der Waals surface area (Å²) in [4.78, 5) is 12.8. The molecule has 2 rings (SSSR count). The normalized spacial score (nSPS) is 12.1. The maximum Gasteiger partial charge on any atom is 0.229 e. The molecule has 2 N–H and O–H groups in total. The Morgan fingerprint density at radius 2 is 2.22 bits per heavy atom. The molecule has 0 saturated carbocycles. The molecule has 1 amide bonds. The fourth-order valence-electron chi connectivity index (χ4n) is 1.65. The van der Waals surface area contributed by atoms with E-state index in [-0.39, 0.29) is 5.91 Å². The van der Waals surface area contributed by atoms with Crippen LogP contribution in [-0.4, -0.2) is 11.0 Å². The van der Waals surface area contributed by atoms with Gasteiger partial charge in [-0.25, -0.2) is 0 Å². The molecule has 1 aromatic carbocycles. The SMILES string of the molecule is C[C@@H](O)c1cccc(NC(=O)Cc2cccs2)c1. The lowest BCUT2D eigenvalue weighted by molar-refractivity contribution is -0.115. The van der Waals surface area contributed by atoms with Crippen molar-refractivity contribution < 1.29 is 9.90 Å². The fraction of sp³-hybridized carbons (Fsp3) is 0.214. The van der Waals surface area contributed by atoms with E-state index in [2.05, 4.69) is 5.32 Å². The lowest BCUT2D eigenvalue weighted by Crippen LogP contribution is -2.13. The number of benzene rings is 1. The van der Waals surface area contributed by atoms with Crippen LogP contribution < -0.4 is 5.32 Å². The number of amides is 1. The third-order valence-corrected chi connectivity index (χ3v) is 3.44. The summed E-state index contributed by atoms with van der Waals surface area (Å²) >= 11 is 1.57. The van der Waals surface area contributed by atoms with Gasteiger partial charge < -0.3 is 10.4 Å². The highest BCUT2D eigenvalue weighted by Gasteiger charge is 2.06. The summed E-state index contributed by atoms with van der Waals surface area (Å²) in [5, 5.41) is 14.3. The number of nitrogens with one attached hydrogen (secondary N) is 1. The number of aliphatic hydroxyl groups is 1. The zero-order valence-corrected chi connectivity index (χ0v) is 10.9. The predicted octanol–water partition coefficient (Wildman–Crippen LogP) is 2.98. The first-order valence-corrected chi connectivity index (χ1v) is 6.63. The molecule has 3 nitrogen and oxygen atoms in total. The summed E-state index contributed by atoms with van der Waals surface area (Å²) in [5.74, 6) is -0.0415. The van der Waals surface area contributed by atoms with Gasteiger partial charge in [-0.1, -0.05) is 18.2 Å². The van der Waals surface area contributed by atoms with Gasteiger partial charge in [-0.05, 0) is 36.1 Å². The molecule has 0 bridgehead atoms. The minimum atomic E-state index is -0.529. The molecule has 0 radical (unpaired) electrons. The number of carbonyl (C=O) groups excluding carboxylic acids is 1. The zero-order chi connectivity index (χ0) is 13.0. The summed E-state index contributed by atoms with van der Waals surface area (Å²) < 4.78 is 0. The van der Waals surface area contributed by atoms with Gasteiger partial charge in [-0.3, -0.25) is 4.79 Å². The number of anilines is 1. The number of hydrogen-bond donors (Lipinski definition) is 2. The van der Waals surface area contributed by atoms with E-state index in [0.29, 0.717) is 6.42 Å². The zero-order valence-electron chi connectivity index (χ0n) is 10.1. The number of hydrogen-bond acceptors (Lipinski definition) is 3. The summed E-state index contributed by atoms with van der Waals surface area (Å²) in [5.41, 5.74) is 1.51. The molecule has 94 valence electrons. The van der Waals surface area contributed by atoms with Crippen molar-refractivity contribution in [3.05, 3.63) is 52.2 Å². The quantitative estimate of drug-likeness (QED) is 0.889. The van der Waals surface area contributed by atoms with E-state index in [4.69, 9.17) is 0 Å². The van der Waals surface area contributed by atoms with Crippen molar-refractivity contribution in [3.8, 4) is 0 Å². The van der Waals surface area contributed by atoms with Gasteiger partial charge in [0.1, 0.15) is 0 Å². The molecule has 0 aliphatic rings. The molecule has 2 aromatic rings. The highest BCUT2D eigenvalue weighted by Crippen LogP contribution is 2.17. The molecular weight excluding hydrogens is 246 g/mol. The van der Waals surface area contributed by atoms with Gasteiger partial charge in [0.2, 0.25) is 5.91 Å². The predicted molar refractivity (Wildman–Crippen MR) is 73.7 cm³/mol. The van der Waals surface area contributed by atoms with E-state index in [1.54, 1.807) is 24.3 Å². The molecule has 0 saturated heterocycles. The van der Waals surface area contributed by atoms with Crippen molar-refractivity contribution in [3.63, 3.8) is 0 Å². The van der Waals surface area contributed by atoms with Gasteiger partial charge in [0.25, 0.3) is 0 Å². The molecule has 0 aliphatic heterocycles. The minimum Gasteiger partial charge on any atom is -0.389 e. The van der Waals surface area contributed by atoms with Crippen LogP contribution in [0.1, 0.15) is 23.5 Å². The molecule has 0 aliphatic carbocycles. The molecule has 0 spiro atoms. The maximum absolute atomic E-state index is 11.8. The average Bonchev–Trinajstić information content (AvgIpc) is 2.82. The van der Waals surface area contributed by atoms with Gasteiger partial charge in [-0.2, -0.15) is 0 Å². The summed E-state index contributed by atoms with van der Waals surface area (Å²) in [6.45, 7) is 1.70. The Morgan fingerprint density at radius 3 is 2.89 bits per heavy atom. The Hall–Kier alpha value is -1.65. The van der Waals surface area contributed by atoms with E-state index < -0.39 is 6.10 Å². The van der Waals surface area contributed by atoms with Gasteiger partial charge >= 0.3 is 0 Å². The first-order valence-electron chi connectivity index (χ1n) is 5.75. The average molecular weight is 261 g/mol. The maximum atomic E-state index is 11.8. The Kier molecular flexibility index (Phi) is 4.12. The van der Waals surface area contributed by atoms with Crippen molar-refractivity contribution in [2.24, 2.45) is 0 Å². The monoisotopic (exact) mass is 261 g/mol. The molecule has 18 heavy (non-hydrogen) atoms. The molecular formula is C14H15NO2S. The van der Waals surface area contributed by atoms with Gasteiger partial charge in [0, 0.05) is 10.6 Å². The van der Waals surface area contributed by atoms with Crippen LogP contribution in [0.5, 0.6) is 0 Å². The van der Waals surface area contributed by atoms with Crippen LogP contribution in [0.4, 0.5) is 5.69 Å². The second-order valence-corrected chi connectivity index (χ2v) is 5.14. The standard InChI is InChI=1S/C14H15NO2S/c1-10(16)11-4-2-5-12(8-11)15-14(17)9-13-6-3-7-18-13/h2-8,10,16H,9H2,1H3,(H,15,17)/t10-/m1/s1. The van der Waals surface area contributed by atoms with Crippen molar-refractivity contribution in [2.75, 3.05) is 5.32 Å². The third kappa shape index (κ3) is 3.42. The fourth-order valence-corrected chi connectivity index (χ4v) is 2.36. The van der Waals surface area contributed by atoms with Crippen molar-refractivity contribution >= 4 is 22.9 Å². The van der Waals surface area contributed by atoms with Gasteiger partial charge in [0.15, 0.2) is 0 Å². The van der Waals surface area contributed by atoms with Crippen molar-refractivity contribution in [2.45, 2.75) is 19.4 Å². The topological polar surface area (TPSA) is 49.3 Å². The lowest BCUT2D eigenvalue weighted by Gasteiger charge is -2.08. The number of aliphatic hydroxyl groups excluding tert-OH is 1. The van der Waals surface area contributed by atoms with Gasteiger partial charge in [-0.15, -0.1) is 11.3 Å². The van der Waals surface area contributed by atoms with Crippen LogP contribution >= 0.6 is 11.3 Å². The Bertz CT molecular complexity index is 520. The second kappa shape index (κ2) is 5.80. The summed E-state index contributed by atoms with van der Waals surface area (Å²) in [6.07, 6.45) is -0.143. The number of thiophene rings is 1. The van der Waals surface area contributed by atoms with E-state index >= 15 is 0 Å².